The zero-order chi connectivity index (χ0) is 14.1. The Morgan fingerprint density at radius 2 is 2.20 bits per heavy atom. The van der Waals surface area contributed by atoms with E-state index in [1.165, 1.54) is 19.4 Å². The van der Waals surface area contributed by atoms with Gasteiger partial charge in [-0.2, -0.15) is 5.10 Å². The summed E-state index contributed by atoms with van der Waals surface area (Å²) in [7, 11) is 1.84. The monoisotopic (exact) mass is 277 g/mol. The van der Waals surface area contributed by atoms with E-state index < -0.39 is 6.04 Å². The van der Waals surface area contributed by atoms with Crippen molar-refractivity contribution in [1.82, 2.24) is 19.6 Å². The van der Waals surface area contributed by atoms with Crippen LogP contribution in [0.3, 0.4) is 0 Å². The van der Waals surface area contributed by atoms with Crippen LogP contribution in [0, 0.1) is 0 Å². The molecule has 2 saturated heterocycles. The number of fused-ring (bicyclic) bond motifs is 1. The van der Waals surface area contributed by atoms with Gasteiger partial charge in [-0.15, -0.1) is 0 Å². The molecule has 0 aliphatic carbocycles. The van der Waals surface area contributed by atoms with Crippen molar-refractivity contribution in [3.8, 4) is 0 Å². The SMILES string of the molecule is Cn1cc(C(N)C(=O)N2CCCN3CCCC3C2)cn1. The zero-order valence-corrected chi connectivity index (χ0v) is 12.0. The third kappa shape index (κ3) is 2.58. The van der Waals surface area contributed by atoms with Crippen molar-refractivity contribution in [1.29, 1.82) is 0 Å². The average Bonchev–Trinajstić information content (AvgIpc) is 3.01. The van der Waals surface area contributed by atoms with Gasteiger partial charge in [-0.3, -0.25) is 14.4 Å². The predicted octanol–water partition coefficient (Wildman–Crippen LogP) is 0.117. The molecule has 110 valence electrons. The van der Waals surface area contributed by atoms with Crippen molar-refractivity contribution >= 4 is 5.91 Å². The van der Waals surface area contributed by atoms with Gasteiger partial charge in [0, 0.05) is 44.5 Å². The Labute approximate surface area is 119 Å². The highest BCUT2D eigenvalue weighted by atomic mass is 16.2. The normalized spacial score (nSPS) is 25.3. The molecule has 0 radical (unpaired) electrons. The third-order valence-corrected chi connectivity index (χ3v) is 4.47. The number of amides is 1. The van der Waals surface area contributed by atoms with Crippen LogP contribution >= 0.6 is 0 Å². The van der Waals surface area contributed by atoms with Crippen molar-refractivity contribution in [3.63, 3.8) is 0 Å². The molecule has 3 heterocycles. The molecule has 20 heavy (non-hydrogen) atoms. The Bertz CT molecular complexity index is 486. The predicted molar refractivity (Wildman–Crippen MR) is 75.9 cm³/mol. The summed E-state index contributed by atoms with van der Waals surface area (Å²) in [6.45, 7) is 3.94. The number of aromatic nitrogens is 2. The smallest absolute Gasteiger partial charge is 0.244 e. The molecule has 6 heteroatoms. The highest BCUT2D eigenvalue weighted by Crippen LogP contribution is 2.23. The first-order valence-electron chi connectivity index (χ1n) is 7.42. The molecule has 1 aromatic rings. The van der Waals surface area contributed by atoms with Gasteiger partial charge < -0.3 is 10.6 Å². The van der Waals surface area contributed by atoms with Crippen LogP contribution in [0.5, 0.6) is 0 Å². The van der Waals surface area contributed by atoms with Crippen LogP contribution in [0.1, 0.15) is 30.9 Å². The molecular formula is C14H23N5O. The van der Waals surface area contributed by atoms with Crippen LogP contribution in [0.25, 0.3) is 0 Å². The van der Waals surface area contributed by atoms with Gasteiger partial charge in [0.15, 0.2) is 0 Å². The van der Waals surface area contributed by atoms with Crippen LogP contribution in [0.15, 0.2) is 12.4 Å². The molecule has 1 aromatic heterocycles. The number of nitrogens with zero attached hydrogens (tertiary/aromatic N) is 4. The lowest BCUT2D eigenvalue weighted by atomic mass is 10.1. The maximum Gasteiger partial charge on any atom is 0.244 e. The van der Waals surface area contributed by atoms with E-state index in [4.69, 9.17) is 5.73 Å². The average molecular weight is 277 g/mol. The molecule has 6 nitrogen and oxygen atoms in total. The summed E-state index contributed by atoms with van der Waals surface area (Å²) in [5, 5.41) is 4.09. The Hall–Kier alpha value is -1.40. The van der Waals surface area contributed by atoms with Crippen LogP contribution in [-0.2, 0) is 11.8 Å². The van der Waals surface area contributed by atoms with Gasteiger partial charge in [0.25, 0.3) is 0 Å². The van der Waals surface area contributed by atoms with Crippen molar-refractivity contribution in [2.24, 2.45) is 12.8 Å². The first-order valence-corrected chi connectivity index (χ1v) is 7.42. The van der Waals surface area contributed by atoms with E-state index in [0.29, 0.717) is 6.04 Å². The first kappa shape index (κ1) is 13.6. The van der Waals surface area contributed by atoms with Crippen LogP contribution in [-0.4, -0.2) is 57.7 Å². The van der Waals surface area contributed by atoms with Crippen LogP contribution < -0.4 is 5.73 Å². The second-order valence-corrected chi connectivity index (χ2v) is 5.89. The number of carbonyl (C=O) groups is 1. The molecule has 1 amide bonds. The molecule has 0 saturated carbocycles. The van der Waals surface area contributed by atoms with Crippen molar-refractivity contribution in [3.05, 3.63) is 18.0 Å². The van der Waals surface area contributed by atoms with Crippen molar-refractivity contribution in [2.75, 3.05) is 26.2 Å². The van der Waals surface area contributed by atoms with Crippen LogP contribution in [0.2, 0.25) is 0 Å². The third-order valence-electron chi connectivity index (χ3n) is 4.47. The highest BCUT2D eigenvalue weighted by Gasteiger charge is 2.32. The maximum atomic E-state index is 12.6. The number of hydrogen-bond donors (Lipinski definition) is 1. The van der Waals surface area contributed by atoms with Crippen molar-refractivity contribution < 1.29 is 4.79 Å². The van der Waals surface area contributed by atoms with E-state index in [2.05, 4.69) is 10.00 Å². The molecule has 0 aromatic carbocycles. The molecule has 2 aliphatic heterocycles. The van der Waals surface area contributed by atoms with Gasteiger partial charge >= 0.3 is 0 Å². The van der Waals surface area contributed by atoms with Gasteiger partial charge in [-0.05, 0) is 25.8 Å². The van der Waals surface area contributed by atoms with E-state index in [0.717, 1.165) is 31.6 Å². The summed E-state index contributed by atoms with van der Waals surface area (Å²) in [6.07, 6.45) is 7.00. The van der Waals surface area contributed by atoms with Gasteiger partial charge in [0.1, 0.15) is 6.04 Å². The topological polar surface area (TPSA) is 67.4 Å². The Kier molecular flexibility index (Phi) is 3.76. The van der Waals surface area contributed by atoms with Gasteiger partial charge in [-0.25, -0.2) is 0 Å². The molecular weight excluding hydrogens is 254 g/mol. The lowest BCUT2D eigenvalue weighted by molar-refractivity contribution is -0.133. The maximum absolute atomic E-state index is 12.6. The summed E-state index contributed by atoms with van der Waals surface area (Å²) < 4.78 is 1.68. The minimum absolute atomic E-state index is 0.0340. The number of hydrogen-bond acceptors (Lipinski definition) is 4. The molecule has 2 fully saturated rings. The minimum atomic E-state index is -0.586. The Morgan fingerprint density at radius 3 is 2.95 bits per heavy atom. The first-order chi connectivity index (χ1) is 9.65. The Balaban J connectivity index is 1.69. The van der Waals surface area contributed by atoms with E-state index >= 15 is 0 Å². The summed E-state index contributed by atoms with van der Waals surface area (Å²) in [5.41, 5.74) is 6.91. The number of nitrogens with two attached hydrogens (primary N) is 1. The van der Waals surface area contributed by atoms with Crippen LogP contribution in [0.4, 0.5) is 0 Å². The zero-order valence-electron chi connectivity index (χ0n) is 12.0. The summed E-state index contributed by atoms with van der Waals surface area (Å²) >= 11 is 0. The van der Waals surface area contributed by atoms with Crippen molar-refractivity contribution in [2.45, 2.75) is 31.3 Å². The fourth-order valence-electron chi connectivity index (χ4n) is 3.35. The molecule has 3 rings (SSSR count). The highest BCUT2D eigenvalue weighted by molar-refractivity contribution is 5.83. The van der Waals surface area contributed by atoms with Gasteiger partial charge in [-0.1, -0.05) is 0 Å². The number of aryl methyl sites for hydroxylation is 1. The molecule has 2 unspecified atom stereocenters. The second-order valence-electron chi connectivity index (χ2n) is 5.89. The van der Waals surface area contributed by atoms with E-state index in [-0.39, 0.29) is 5.91 Å². The fraction of sp³-hybridized carbons (Fsp3) is 0.714. The summed E-state index contributed by atoms with van der Waals surface area (Å²) in [6, 6.07) is -0.0563. The molecule has 2 N–H and O–H groups in total. The van der Waals surface area contributed by atoms with E-state index in [1.54, 1.807) is 10.9 Å². The quantitative estimate of drug-likeness (QED) is 0.833. The minimum Gasteiger partial charge on any atom is -0.339 e. The van der Waals surface area contributed by atoms with E-state index in [9.17, 15) is 4.79 Å². The van der Waals surface area contributed by atoms with Gasteiger partial charge in [0.2, 0.25) is 5.91 Å². The number of rotatable bonds is 2. The largest absolute Gasteiger partial charge is 0.339 e. The lowest BCUT2D eigenvalue weighted by Crippen LogP contribution is -2.43. The Morgan fingerprint density at radius 1 is 1.40 bits per heavy atom. The van der Waals surface area contributed by atoms with Gasteiger partial charge in [0.05, 0.1) is 6.20 Å². The summed E-state index contributed by atoms with van der Waals surface area (Å²) in [5.74, 6) is 0.0340. The molecule has 0 spiro atoms. The molecule has 2 atom stereocenters. The summed E-state index contributed by atoms with van der Waals surface area (Å²) in [4.78, 5) is 17.1. The lowest BCUT2D eigenvalue weighted by Gasteiger charge is -2.27. The molecule has 0 bridgehead atoms. The fourth-order valence-corrected chi connectivity index (χ4v) is 3.35. The standard InChI is InChI=1S/C14H23N5O/c1-17-9-11(8-16-17)13(15)14(20)19-7-3-6-18-5-2-4-12(18)10-19/h8-9,12-13H,2-7,10,15H2,1H3. The second kappa shape index (κ2) is 5.54. The van der Waals surface area contributed by atoms with E-state index in [1.807, 2.05) is 18.1 Å². The molecule has 2 aliphatic rings. The number of carbonyl (C=O) groups excluding carboxylic acids is 1.